The maximum absolute atomic E-state index is 14.8. The highest BCUT2D eigenvalue weighted by molar-refractivity contribution is 5.64. The van der Waals surface area contributed by atoms with Gasteiger partial charge in [-0.3, -0.25) is 0 Å². The first-order chi connectivity index (χ1) is 18.1. The number of halogens is 7. The second kappa shape index (κ2) is 11.8. The third-order valence-electron chi connectivity index (χ3n) is 7.29. The lowest BCUT2D eigenvalue weighted by Crippen LogP contribution is -2.26. The molecule has 3 aromatic rings. The highest BCUT2D eigenvalue weighted by atomic mass is 19.3. The maximum atomic E-state index is 14.8. The van der Waals surface area contributed by atoms with Crippen molar-refractivity contribution in [3.8, 4) is 16.9 Å². The Morgan fingerprint density at radius 2 is 1.34 bits per heavy atom. The first-order valence-corrected chi connectivity index (χ1v) is 12.9. The minimum absolute atomic E-state index is 0.269. The molecule has 0 amide bonds. The molecule has 204 valence electrons. The van der Waals surface area contributed by atoms with Crippen LogP contribution in [0.3, 0.4) is 0 Å². The molecule has 8 heteroatoms. The summed E-state index contributed by atoms with van der Waals surface area (Å²) in [6.07, 6.45) is 1.21. The van der Waals surface area contributed by atoms with Gasteiger partial charge in [-0.2, -0.15) is 8.78 Å². The van der Waals surface area contributed by atoms with E-state index >= 15 is 0 Å². The van der Waals surface area contributed by atoms with E-state index in [0.29, 0.717) is 11.5 Å². The summed E-state index contributed by atoms with van der Waals surface area (Å²) >= 11 is 0. The number of ether oxygens (including phenoxy) is 1. The summed E-state index contributed by atoms with van der Waals surface area (Å²) in [7, 11) is 0. The minimum atomic E-state index is -4.01. The van der Waals surface area contributed by atoms with Gasteiger partial charge in [-0.05, 0) is 72.8 Å². The summed E-state index contributed by atoms with van der Waals surface area (Å²) < 4.78 is 102. The normalized spacial score (nSPS) is 18.0. The minimum Gasteiger partial charge on any atom is -0.432 e. The smallest absolute Gasteiger partial charge is 0.398 e. The molecule has 0 atom stereocenters. The van der Waals surface area contributed by atoms with Crippen molar-refractivity contribution in [2.75, 3.05) is 0 Å². The van der Waals surface area contributed by atoms with E-state index in [1.807, 2.05) is 24.3 Å². The molecule has 1 nitrogen and oxygen atoms in total. The highest BCUT2D eigenvalue weighted by Gasteiger charge is 2.33. The molecule has 0 aliphatic heterocycles. The number of hydrogen-bond acceptors (Lipinski definition) is 1. The molecular weight excluding hydrogens is 509 g/mol. The Labute approximate surface area is 217 Å². The molecule has 1 saturated carbocycles. The van der Waals surface area contributed by atoms with Crippen molar-refractivity contribution >= 4 is 0 Å². The lowest BCUT2D eigenvalue weighted by molar-refractivity contribution is -0.180. The Hall–Kier alpha value is -3.03. The third kappa shape index (κ3) is 6.69. The van der Waals surface area contributed by atoms with Gasteiger partial charge in [0, 0.05) is 17.7 Å². The van der Waals surface area contributed by atoms with E-state index in [4.69, 9.17) is 0 Å². The maximum Gasteiger partial charge on any atom is 0.398 e. The van der Waals surface area contributed by atoms with Crippen LogP contribution in [0.1, 0.15) is 68.9 Å². The van der Waals surface area contributed by atoms with E-state index in [-0.39, 0.29) is 17.7 Å². The lowest BCUT2D eigenvalue weighted by Gasteiger charge is -2.28. The number of hydrogen-bond donors (Lipinski definition) is 0. The average molecular weight is 539 g/mol. The van der Waals surface area contributed by atoms with E-state index in [9.17, 15) is 30.7 Å². The van der Waals surface area contributed by atoms with Crippen LogP contribution in [0.15, 0.2) is 48.5 Å². The summed E-state index contributed by atoms with van der Waals surface area (Å²) in [6, 6.07) is 10.3. The Morgan fingerprint density at radius 1 is 0.763 bits per heavy atom. The lowest BCUT2D eigenvalue weighted by atomic mass is 9.77. The van der Waals surface area contributed by atoms with Gasteiger partial charge in [0.05, 0.1) is 6.42 Å². The monoisotopic (exact) mass is 538 g/mol. The zero-order valence-corrected chi connectivity index (χ0v) is 21.0. The third-order valence-corrected chi connectivity index (χ3v) is 7.29. The zero-order valence-electron chi connectivity index (χ0n) is 21.0. The van der Waals surface area contributed by atoms with Gasteiger partial charge in [-0.25, -0.2) is 22.0 Å². The number of rotatable bonds is 9. The fourth-order valence-corrected chi connectivity index (χ4v) is 5.23. The van der Waals surface area contributed by atoms with Crippen molar-refractivity contribution in [3.05, 3.63) is 88.7 Å². The fraction of sp³-hybridized carbons (Fsp3) is 0.400. The van der Waals surface area contributed by atoms with Crippen LogP contribution in [0.25, 0.3) is 11.1 Å². The molecule has 1 fully saturated rings. The molecule has 0 N–H and O–H groups in total. The largest absolute Gasteiger partial charge is 0.432 e. The summed E-state index contributed by atoms with van der Waals surface area (Å²) in [6.45, 7) is 2.20. The molecule has 1 aliphatic rings. The second-order valence-corrected chi connectivity index (χ2v) is 9.99. The van der Waals surface area contributed by atoms with Crippen LogP contribution in [0.5, 0.6) is 5.75 Å². The zero-order chi connectivity index (χ0) is 27.4. The first kappa shape index (κ1) is 28.0. The summed E-state index contributed by atoms with van der Waals surface area (Å²) in [4.78, 5) is 0. The van der Waals surface area contributed by atoms with Gasteiger partial charge in [0.15, 0.2) is 17.5 Å². The van der Waals surface area contributed by atoms with E-state index in [1.54, 1.807) is 0 Å². The molecule has 1 aliphatic carbocycles. The van der Waals surface area contributed by atoms with Crippen LogP contribution in [0, 0.1) is 35.0 Å². The van der Waals surface area contributed by atoms with Crippen molar-refractivity contribution in [1.82, 2.24) is 0 Å². The summed E-state index contributed by atoms with van der Waals surface area (Å²) in [5.74, 6) is -6.89. The standard InChI is InChI=1S/C30H29F7O/c1-2-3-18-4-6-19(7-5-18)20-8-10-21(11-9-20)22-14-25(31)24(26(32)15-22)12-13-30(36,37)38-23-16-27(33)29(35)28(34)17-23/h8-11,14-19H,2-7,12-13H2,1H3. The quantitative estimate of drug-likeness (QED) is 0.195. The van der Waals surface area contributed by atoms with Crippen LogP contribution in [-0.2, 0) is 6.42 Å². The Morgan fingerprint density at radius 3 is 1.89 bits per heavy atom. The van der Waals surface area contributed by atoms with Crippen molar-refractivity contribution in [2.24, 2.45) is 5.92 Å². The Bertz CT molecular complexity index is 1200. The van der Waals surface area contributed by atoms with Gasteiger partial charge in [-0.1, -0.05) is 44.0 Å². The number of alkyl halides is 2. The summed E-state index contributed by atoms with van der Waals surface area (Å²) in [5.41, 5.74) is 1.52. The fourth-order valence-electron chi connectivity index (χ4n) is 5.23. The first-order valence-electron chi connectivity index (χ1n) is 12.9. The molecule has 3 aromatic carbocycles. The van der Waals surface area contributed by atoms with E-state index in [0.717, 1.165) is 30.9 Å². The van der Waals surface area contributed by atoms with Crippen LogP contribution >= 0.6 is 0 Å². The molecule has 0 unspecified atom stereocenters. The van der Waals surface area contributed by atoms with E-state index in [1.165, 1.54) is 31.2 Å². The molecule has 0 heterocycles. The summed E-state index contributed by atoms with van der Waals surface area (Å²) in [5, 5.41) is 0. The SMILES string of the molecule is CCCC1CCC(c2ccc(-c3cc(F)c(CCC(F)(F)Oc4cc(F)c(F)c(F)c4)c(F)c3)cc2)CC1. The molecule has 0 spiro atoms. The van der Waals surface area contributed by atoms with Gasteiger partial charge < -0.3 is 4.74 Å². The van der Waals surface area contributed by atoms with Gasteiger partial charge in [0.1, 0.15) is 17.4 Å². The van der Waals surface area contributed by atoms with E-state index < -0.39 is 59.3 Å². The molecule has 0 saturated heterocycles. The molecule has 4 rings (SSSR count). The van der Waals surface area contributed by atoms with Gasteiger partial charge in [-0.15, -0.1) is 0 Å². The Kier molecular flexibility index (Phi) is 8.68. The second-order valence-electron chi connectivity index (χ2n) is 9.99. The van der Waals surface area contributed by atoms with Crippen LogP contribution in [0.2, 0.25) is 0 Å². The van der Waals surface area contributed by atoms with Crippen LogP contribution < -0.4 is 4.74 Å². The van der Waals surface area contributed by atoms with Gasteiger partial charge in [0.25, 0.3) is 0 Å². The topological polar surface area (TPSA) is 9.23 Å². The van der Waals surface area contributed by atoms with Crippen molar-refractivity contribution in [2.45, 2.75) is 70.3 Å². The number of benzene rings is 3. The molecule has 0 aromatic heterocycles. The predicted molar refractivity (Wildman–Crippen MR) is 132 cm³/mol. The van der Waals surface area contributed by atoms with Crippen molar-refractivity contribution < 1.29 is 35.5 Å². The molecule has 0 radical (unpaired) electrons. The van der Waals surface area contributed by atoms with E-state index in [2.05, 4.69) is 11.7 Å². The Balaban J connectivity index is 1.41. The van der Waals surface area contributed by atoms with Crippen molar-refractivity contribution in [3.63, 3.8) is 0 Å². The average Bonchev–Trinajstić information content (AvgIpc) is 2.87. The molecular formula is C30H29F7O. The van der Waals surface area contributed by atoms with Crippen LogP contribution in [0.4, 0.5) is 30.7 Å². The molecule has 0 bridgehead atoms. The van der Waals surface area contributed by atoms with Crippen molar-refractivity contribution in [1.29, 1.82) is 0 Å². The van der Waals surface area contributed by atoms with Crippen LogP contribution in [-0.4, -0.2) is 6.11 Å². The highest BCUT2D eigenvalue weighted by Crippen LogP contribution is 2.38. The molecule has 38 heavy (non-hydrogen) atoms. The van der Waals surface area contributed by atoms with Gasteiger partial charge >= 0.3 is 6.11 Å². The predicted octanol–water partition coefficient (Wildman–Crippen LogP) is 9.73. The van der Waals surface area contributed by atoms with Gasteiger partial charge in [0.2, 0.25) is 0 Å².